The lowest BCUT2D eigenvalue weighted by molar-refractivity contribution is -0.144. The van der Waals surface area contributed by atoms with Crippen molar-refractivity contribution in [3.63, 3.8) is 0 Å². The minimum absolute atomic E-state index is 0.355. The van der Waals surface area contributed by atoms with E-state index in [4.69, 9.17) is 5.11 Å². The van der Waals surface area contributed by atoms with Gasteiger partial charge in [0.2, 0.25) is 0 Å². The summed E-state index contributed by atoms with van der Waals surface area (Å²) < 4.78 is 0. The molecule has 0 spiro atoms. The fraction of sp³-hybridized carbons (Fsp3) is 0.636. The van der Waals surface area contributed by atoms with Crippen LogP contribution in [0.25, 0.3) is 0 Å². The van der Waals surface area contributed by atoms with Crippen LogP contribution in [0.5, 0.6) is 0 Å². The van der Waals surface area contributed by atoms with Gasteiger partial charge in [-0.2, -0.15) is 0 Å². The minimum atomic E-state index is -1.17. The van der Waals surface area contributed by atoms with Crippen LogP contribution in [0.15, 0.2) is 12.7 Å². The van der Waals surface area contributed by atoms with Crippen LogP contribution in [0.4, 0.5) is 4.79 Å². The average Bonchev–Trinajstić information content (AvgIpc) is 2.26. The van der Waals surface area contributed by atoms with Gasteiger partial charge in [-0.25, -0.2) is 9.59 Å². The van der Waals surface area contributed by atoms with Crippen molar-refractivity contribution in [1.29, 1.82) is 0 Å². The topological polar surface area (TPSA) is 78.4 Å². The smallest absolute Gasteiger partial charge is 0.329 e. The Balaban J connectivity index is 4.34. The molecule has 16 heavy (non-hydrogen) atoms. The third-order valence-electron chi connectivity index (χ3n) is 2.60. The molecule has 0 aliphatic rings. The first-order valence-electron chi connectivity index (χ1n) is 5.42. The predicted molar refractivity (Wildman–Crippen MR) is 62.3 cm³/mol. The van der Waals surface area contributed by atoms with Crippen molar-refractivity contribution >= 4 is 12.0 Å². The van der Waals surface area contributed by atoms with Crippen LogP contribution in [-0.4, -0.2) is 29.2 Å². The van der Waals surface area contributed by atoms with E-state index in [1.165, 1.54) is 0 Å². The van der Waals surface area contributed by atoms with Gasteiger partial charge in [0.1, 0.15) is 5.54 Å². The molecule has 5 heteroatoms. The molecule has 0 heterocycles. The Morgan fingerprint density at radius 3 is 2.31 bits per heavy atom. The van der Waals surface area contributed by atoms with Gasteiger partial charge in [0.25, 0.3) is 0 Å². The molecule has 0 saturated heterocycles. The van der Waals surface area contributed by atoms with E-state index in [-0.39, 0.29) is 0 Å². The zero-order valence-corrected chi connectivity index (χ0v) is 9.88. The normalized spacial score (nSPS) is 10.6. The fourth-order valence-electron chi connectivity index (χ4n) is 1.33. The van der Waals surface area contributed by atoms with E-state index >= 15 is 0 Å². The lowest BCUT2D eigenvalue weighted by Gasteiger charge is -2.27. The summed E-state index contributed by atoms with van der Waals surface area (Å²) in [5, 5.41) is 14.2. The van der Waals surface area contributed by atoms with Crippen LogP contribution in [0, 0.1) is 0 Å². The molecule has 0 aromatic rings. The highest BCUT2D eigenvalue weighted by atomic mass is 16.4. The first-order chi connectivity index (χ1) is 7.52. The number of nitrogens with one attached hydrogen (secondary N) is 2. The molecule has 0 aromatic carbocycles. The second-order valence-corrected chi connectivity index (χ2v) is 3.55. The summed E-state index contributed by atoms with van der Waals surface area (Å²) in [5.41, 5.74) is -1.17. The molecule has 2 amide bonds. The van der Waals surface area contributed by atoms with E-state index < -0.39 is 17.5 Å². The summed E-state index contributed by atoms with van der Waals surface area (Å²) in [5.74, 6) is -1.00. The molecule has 0 rings (SSSR count). The zero-order valence-electron chi connectivity index (χ0n) is 9.88. The summed E-state index contributed by atoms with van der Waals surface area (Å²) in [4.78, 5) is 22.5. The molecule has 0 aromatic heterocycles. The van der Waals surface area contributed by atoms with E-state index in [1.807, 2.05) is 0 Å². The van der Waals surface area contributed by atoms with E-state index in [0.29, 0.717) is 25.8 Å². The van der Waals surface area contributed by atoms with E-state index in [9.17, 15) is 9.59 Å². The van der Waals surface area contributed by atoms with E-state index in [0.717, 1.165) is 0 Å². The molecule has 5 nitrogen and oxygen atoms in total. The maximum Gasteiger partial charge on any atom is 0.329 e. The third-order valence-corrected chi connectivity index (χ3v) is 2.60. The molecular formula is C11H20N2O3. The van der Waals surface area contributed by atoms with Crippen molar-refractivity contribution in [2.24, 2.45) is 0 Å². The number of carboxylic acids is 1. The van der Waals surface area contributed by atoms with Crippen LogP contribution in [0.1, 0.15) is 33.1 Å². The summed E-state index contributed by atoms with van der Waals surface area (Å²) in [6.45, 7) is 7.46. The first kappa shape index (κ1) is 14.5. The van der Waals surface area contributed by atoms with Gasteiger partial charge < -0.3 is 15.7 Å². The van der Waals surface area contributed by atoms with Crippen LogP contribution in [0.3, 0.4) is 0 Å². The van der Waals surface area contributed by atoms with Gasteiger partial charge in [0.15, 0.2) is 0 Å². The van der Waals surface area contributed by atoms with Gasteiger partial charge in [-0.05, 0) is 19.3 Å². The monoisotopic (exact) mass is 228 g/mol. The average molecular weight is 228 g/mol. The standard InChI is InChI=1S/C11H20N2O3/c1-4-7-8-12-10(16)13-11(5-2,6-3)9(14)15/h4H,1,5-8H2,2-3H3,(H,14,15)(H2,12,13,16). The maximum atomic E-state index is 11.4. The van der Waals surface area contributed by atoms with Gasteiger partial charge in [-0.3, -0.25) is 0 Å². The van der Waals surface area contributed by atoms with Crippen LogP contribution in [0.2, 0.25) is 0 Å². The number of carbonyl (C=O) groups is 2. The number of urea groups is 1. The van der Waals surface area contributed by atoms with Crippen molar-refractivity contribution in [2.45, 2.75) is 38.6 Å². The third kappa shape index (κ3) is 3.92. The number of hydrogen-bond donors (Lipinski definition) is 3. The molecule has 0 aliphatic heterocycles. The first-order valence-corrected chi connectivity index (χ1v) is 5.42. The van der Waals surface area contributed by atoms with Gasteiger partial charge in [0, 0.05) is 6.54 Å². The number of carbonyl (C=O) groups excluding carboxylic acids is 1. The number of amides is 2. The Morgan fingerprint density at radius 2 is 1.94 bits per heavy atom. The second-order valence-electron chi connectivity index (χ2n) is 3.55. The van der Waals surface area contributed by atoms with E-state index in [1.54, 1.807) is 19.9 Å². The van der Waals surface area contributed by atoms with Crippen LogP contribution >= 0.6 is 0 Å². The van der Waals surface area contributed by atoms with Crippen molar-refractivity contribution in [1.82, 2.24) is 10.6 Å². The van der Waals surface area contributed by atoms with Crippen molar-refractivity contribution < 1.29 is 14.7 Å². The van der Waals surface area contributed by atoms with Gasteiger partial charge in [-0.1, -0.05) is 19.9 Å². The summed E-state index contributed by atoms with van der Waals surface area (Å²) in [7, 11) is 0. The molecule has 0 bridgehead atoms. The maximum absolute atomic E-state index is 11.4. The number of rotatable bonds is 7. The Kier molecular flexibility index (Phi) is 6.22. The highest BCUT2D eigenvalue weighted by molar-refractivity contribution is 5.86. The number of aliphatic carboxylic acids is 1. The molecule has 3 N–H and O–H groups in total. The Bertz CT molecular complexity index is 260. The Morgan fingerprint density at radius 1 is 1.38 bits per heavy atom. The minimum Gasteiger partial charge on any atom is -0.480 e. The molecule has 92 valence electrons. The summed E-state index contributed by atoms with van der Waals surface area (Å²) in [6, 6.07) is -0.451. The molecular weight excluding hydrogens is 208 g/mol. The van der Waals surface area contributed by atoms with Crippen molar-refractivity contribution in [3.8, 4) is 0 Å². The number of hydrogen-bond acceptors (Lipinski definition) is 2. The lowest BCUT2D eigenvalue weighted by Crippen LogP contribution is -2.56. The second kappa shape index (κ2) is 6.87. The molecule has 0 atom stereocenters. The Labute approximate surface area is 95.9 Å². The lowest BCUT2D eigenvalue weighted by atomic mass is 9.93. The highest BCUT2D eigenvalue weighted by Gasteiger charge is 2.36. The molecule has 0 radical (unpaired) electrons. The molecule has 0 fully saturated rings. The summed E-state index contributed by atoms with van der Waals surface area (Å²) >= 11 is 0. The van der Waals surface area contributed by atoms with Crippen LogP contribution < -0.4 is 10.6 Å². The van der Waals surface area contributed by atoms with E-state index in [2.05, 4.69) is 17.2 Å². The summed E-state index contributed by atoms with van der Waals surface area (Å²) in [6.07, 6.45) is 3.05. The van der Waals surface area contributed by atoms with Crippen molar-refractivity contribution in [3.05, 3.63) is 12.7 Å². The molecule has 0 aliphatic carbocycles. The Hall–Kier alpha value is -1.52. The fourth-order valence-corrected chi connectivity index (χ4v) is 1.33. The van der Waals surface area contributed by atoms with Crippen LogP contribution in [-0.2, 0) is 4.79 Å². The van der Waals surface area contributed by atoms with Gasteiger partial charge in [-0.15, -0.1) is 6.58 Å². The molecule has 0 saturated carbocycles. The zero-order chi connectivity index (χ0) is 12.6. The van der Waals surface area contributed by atoms with Crippen molar-refractivity contribution in [2.75, 3.05) is 6.54 Å². The van der Waals surface area contributed by atoms with Gasteiger partial charge in [0.05, 0.1) is 0 Å². The largest absolute Gasteiger partial charge is 0.480 e. The molecule has 0 unspecified atom stereocenters. The predicted octanol–water partition coefficient (Wildman–Crippen LogP) is 1.51. The highest BCUT2D eigenvalue weighted by Crippen LogP contribution is 2.14. The SMILES string of the molecule is C=CCCNC(=O)NC(CC)(CC)C(=O)O. The quantitative estimate of drug-likeness (QED) is 0.456. The van der Waals surface area contributed by atoms with Gasteiger partial charge >= 0.3 is 12.0 Å². The number of carboxylic acid groups (broad SMARTS) is 1.